The van der Waals surface area contributed by atoms with E-state index in [1.54, 1.807) is 0 Å². The topological polar surface area (TPSA) is 12.4 Å². The molecule has 0 rings (SSSR count). The Kier molecular flexibility index (Phi) is 2.73. The molecule has 0 bridgehead atoms. The van der Waals surface area contributed by atoms with E-state index in [1.807, 2.05) is 13.8 Å². The first-order valence-corrected chi connectivity index (χ1v) is 2.10. The van der Waals surface area contributed by atoms with Gasteiger partial charge in [0.15, 0.2) is 0 Å². The number of nitrogens with zero attached hydrogens (tertiary/aromatic N) is 1. The SMILES string of the molecule is [CH2]C(C)=NCC. The van der Waals surface area contributed by atoms with E-state index < -0.39 is 0 Å². The quantitative estimate of drug-likeness (QED) is 0.425. The molecule has 0 aromatic carbocycles. The second-order valence-electron chi connectivity index (χ2n) is 1.21. The van der Waals surface area contributed by atoms with Gasteiger partial charge in [-0.15, -0.1) is 0 Å². The lowest BCUT2D eigenvalue weighted by atomic mass is 10.5. The van der Waals surface area contributed by atoms with Crippen LogP contribution in [0.3, 0.4) is 0 Å². The monoisotopic (exact) mass is 84.1 g/mol. The minimum atomic E-state index is 0.856. The molecule has 0 atom stereocenters. The molecule has 0 spiro atoms. The van der Waals surface area contributed by atoms with Crippen molar-refractivity contribution in [2.45, 2.75) is 13.8 Å². The van der Waals surface area contributed by atoms with Crippen LogP contribution in [0.2, 0.25) is 0 Å². The molecule has 0 heterocycles. The average molecular weight is 84.1 g/mol. The Bertz CT molecular complexity index is 51.0. The van der Waals surface area contributed by atoms with Crippen molar-refractivity contribution >= 4 is 5.71 Å². The predicted molar refractivity (Wildman–Crippen MR) is 29.0 cm³/mol. The van der Waals surface area contributed by atoms with Crippen molar-refractivity contribution in [3.63, 3.8) is 0 Å². The number of rotatable bonds is 1. The van der Waals surface area contributed by atoms with Gasteiger partial charge in [-0.2, -0.15) is 0 Å². The molecule has 1 radical (unpaired) electrons. The Morgan fingerprint density at radius 3 is 2.33 bits per heavy atom. The highest BCUT2D eigenvalue weighted by molar-refractivity contribution is 5.85. The Balaban J connectivity index is 3.14. The van der Waals surface area contributed by atoms with Gasteiger partial charge < -0.3 is 0 Å². The van der Waals surface area contributed by atoms with Crippen LogP contribution >= 0.6 is 0 Å². The maximum absolute atomic E-state index is 3.93. The number of hydrogen-bond donors (Lipinski definition) is 0. The van der Waals surface area contributed by atoms with Crippen LogP contribution in [0, 0.1) is 6.92 Å². The fraction of sp³-hybridized carbons (Fsp3) is 0.600. The lowest BCUT2D eigenvalue weighted by Crippen LogP contribution is -1.80. The molecule has 0 aliphatic heterocycles. The molecule has 1 nitrogen and oxygen atoms in total. The van der Waals surface area contributed by atoms with Crippen molar-refractivity contribution in [3.05, 3.63) is 6.92 Å². The molecular weight excluding hydrogens is 74.1 g/mol. The third kappa shape index (κ3) is 3.67. The fourth-order valence-electron chi connectivity index (χ4n) is 0.270. The Labute approximate surface area is 39.1 Å². The zero-order valence-electron chi connectivity index (χ0n) is 4.36. The first-order valence-electron chi connectivity index (χ1n) is 2.10. The smallest absolute Gasteiger partial charge is 0.0360 e. The van der Waals surface area contributed by atoms with E-state index in [-0.39, 0.29) is 0 Å². The van der Waals surface area contributed by atoms with Crippen LogP contribution < -0.4 is 0 Å². The third-order valence-corrected chi connectivity index (χ3v) is 0.428. The molecule has 0 saturated carbocycles. The molecule has 0 aromatic rings. The van der Waals surface area contributed by atoms with Crippen molar-refractivity contribution in [3.8, 4) is 0 Å². The summed E-state index contributed by atoms with van der Waals surface area (Å²) < 4.78 is 0. The highest BCUT2D eigenvalue weighted by Gasteiger charge is 1.68. The van der Waals surface area contributed by atoms with Crippen LogP contribution in [0.4, 0.5) is 0 Å². The molecule has 1 heteroatoms. The summed E-state index contributed by atoms with van der Waals surface area (Å²) >= 11 is 0. The largest absolute Gasteiger partial charge is 0.295 e. The van der Waals surface area contributed by atoms with Crippen molar-refractivity contribution in [1.29, 1.82) is 0 Å². The molecule has 35 valence electrons. The summed E-state index contributed by atoms with van der Waals surface area (Å²) in [4.78, 5) is 3.93. The molecule has 0 unspecified atom stereocenters. The maximum atomic E-state index is 3.93. The zero-order valence-corrected chi connectivity index (χ0v) is 4.36. The van der Waals surface area contributed by atoms with Gasteiger partial charge in [0, 0.05) is 12.3 Å². The molecule has 0 aromatic heterocycles. The molecule has 0 aliphatic carbocycles. The van der Waals surface area contributed by atoms with Gasteiger partial charge in [-0.05, 0) is 20.8 Å². The standard InChI is InChI=1S/C5H10N/c1-4-6-5(2)3/h2,4H2,1,3H3. The summed E-state index contributed by atoms with van der Waals surface area (Å²) in [6.45, 7) is 8.32. The van der Waals surface area contributed by atoms with E-state index in [0.29, 0.717) is 0 Å². The molecule has 0 aliphatic rings. The summed E-state index contributed by atoms with van der Waals surface area (Å²) in [7, 11) is 0. The second kappa shape index (κ2) is 2.88. The van der Waals surface area contributed by atoms with E-state index in [9.17, 15) is 0 Å². The first kappa shape index (κ1) is 5.67. The van der Waals surface area contributed by atoms with Gasteiger partial charge in [0.1, 0.15) is 0 Å². The fourth-order valence-corrected chi connectivity index (χ4v) is 0.270. The van der Waals surface area contributed by atoms with Gasteiger partial charge in [-0.3, -0.25) is 4.99 Å². The van der Waals surface area contributed by atoms with Gasteiger partial charge in [0.25, 0.3) is 0 Å². The molecular formula is C5H10N. The van der Waals surface area contributed by atoms with Crippen LogP contribution in [0.5, 0.6) is 0 Å². The van der Waals surface area contributed by atoms with E-state index in [2.05, 4.69) is 11.9 Å². The maximum Gasteiger partial charge on any atom is 0.0360 e. The lowest BCUT2D eigenvalue weighted by Gasteiger charge is -1.80. The van der Waals surface area contributed by atoms with Gasteiger partial charge in [0.05, 0.1) is 0 Å². The van der Waals surface area contributed by atoms with Crippen molar-refractivity contribution in [1.82, 2.24) is 0 Å². The number of aliphatic imine (C=N–C) groups is 1. The van der Waals surface area contributed by atoms with E-state index in [1.165, 1.54) is 0 Å². The van der Waals surface area contributed by atoms with Crippen molar-refractivity contribution in [2.24, 2.45) is 4.99 Å². The normalized spacial score (nSPS) is 12.2. The molecule has 0 amide bonds. The Morgan fingerprint density at radius 2 is 2.33 bits per heavy atom. The summed E-state index contributed by atoms with van der Waals surface area (Å²) in [6, 6.07) is 0. The van der Waals surface area contributed by atoms with Gasteiger partial charge in [-0.25, -0.2) is 0 Å². The highest BCUT2D eigenvalue weighted by atomic mass is 14.7. The van der Waals surface area contributed by atoms with Gasteiger partial charge in [-0.1, -0.05) is 0 Å². The molecule has 0 N–H and O–H groups in total. The molecule has 0 saturated heterocycles. The minimum absolute atomic E-state index is 0.856. The van der Waals surface area contributed by atoms with Crippen LogP contribution in [-0.4, -0.2) is 12.3 Å². The second-order valence-corrected chi connectivity index (χ2v) is 1.21. The minimum Gasteiger partial charge on any atom is -0.295 e. The van der Waals surface area contributed by atoms with Crippen LogP contribution in [0.1, 0.15) is 13.8 Å². The van der Waals surface area contributed by atoms with Crippen LogP contribution in [0.25, 0.3) is 0 Å². The first-order chi connectivity index (χ1) is 2.77. The summed E-state index contributed by atoms with van der Waals surface area (Å²) in [5.74, 6) is 0. The van der Waals surface area contributed by atoms with Crippen LogP contribution in [-0.2, 0) is 0 Å². The summed E-state index contributed by atoms with van der Waals surface area (Å²) in [6.07, 6.45) is 0. The molecule has 0 fully saturated rings. The van der Waals surface area contributed by atoms with Gasteiger partial charge >= 0.3 is 0 Å². The average Bonchev–Trinajstić information content (AvgIpc) is 1.35. The van der Waals surface area contributed by atoms with E-state index in [4.69, 9.17) is 0 Å². The van der Waals surface area contributed by atoms with Gasteiger partial charge in [0.2, 0.25) is 0 Å². The van der Waals surface area contributed by atoms with Crippen molar-refractivity contribution < 1.29 is 0 Å². The van der Waals surface area contributed by atoms with E-state index in [0.717, 1.165) is 12.3 Å². The van der Waals surface area contributed by atoms with Crippen LogP contribution in [0.15, 0.2) is 4.99 Å². The lowest BCUT2D eigenvalue weighted by molar-refractivity contribution is 1.13. The predicted octanol–water partition coefficient (Wildman–Crippen LogP) is 1.30. The number of hydrogen-bond acceptors (Lipinski definition) is 1. The summed E-state index contributed by atoms with van der Waals surface area (Å²) in [5, 5.41) is 0. The zero-order chi connectivity index (χ0) is 4.99. The summed E-state index contributed by atoms with van der Waals surface area (Å²) in [5.41, 5.74) is 0.914. The van der Waals surface area contributed by atoms with Crippen molar-refractivity contribution in [2.75, 3.05) is 6.54 Å². The molecule has 6 heavy (non-hydrogen) atoms. The third-order valence-electron chi connectivity index (χ3n) is 0.428. The van der Waals surface area contributed by atoms with E-state index >= 15 is 0 Å². The Hall–Kier alpha value is -0.330. The highest BCUT2D eigenvalue weighted by Crippen LogP contribution is 1.70. The Morgan fingerprint density at radius 1 is 1.83 bits per heavy atom.